The summed E-state index contributed by atoms with van der Waals surface area (Å²) < 4.78 is 0. The first kappa shape index (κ1) is 10.5. The van der Waals surface area contributed by atoms with E-state index in [1.807, 2.05) is 11.8 Å². The van der Waals surface area contributed by atoms with Crippen molar-refractivity contribution in [2.24, 2.45) is 0 Å². The second-order valence-corrected chi connectivity index (χ2v) is 6.34. The Labute approximate surface area is 101 Å². The third kappa shape index (κ3) is 1.72. The van der Waals surface area contributed by atoms with Crippen LogP contribution in [-0.2, 0) is 6.42 Å². The molecule has 0 radical (unpaired) electrons. The number of nitrogens with one attached hydrogen (secondary N) is 1. The van der Waals surface area contributed by atoms with Crippen LogP contribution in [0.4, 0.5) is 5.69 Å². The number of thioether (sulfide) groups is 1. The van der Waals surface area contributed by atoms with Gasteiger partial charge in [0.25, 0.3) is 0 Å². The van der Waals surface area contributed by atoms with Gasteiger partial charge in [-0.1, -0.05) is 19.1 Å². The quantitative estimate of drug-likeness (QED) is 0.803. The zero-order valence-electron chi connectivity index (χ0n) is 9.86. The molecular weight excluding hydrogens is 216 g/mol. The Kier molecular flexibility index (Phi) is 2.60. The minimum absolute atomic E-state index is 0.506. The van der Waals surface area contributed by atoms with E-state index in [2.05, 4.69) is 42.4 Å². The summed E-state index contributed by atoms with van der Waals surface area (Å²) in [7, 11) is 2.18. The molecule has 2 aliphatic rings. The summed E-state index contributed by atoms with van der Waals surface area (Å²) in [5.41, 5.74) is 4.38. The van der Waals surface area contributed by atoms with E-state index >= 15 is 0 Å². The first-order valence-corrected chi connectivity index (χ1v) is 6.91. The van der Waals surface area contributed by atoms with Gasteiger partial charge in [0.05, 0.1) is 5.37 Å². The van der Waals surface area contributed by atoms with Gasteiger partial charge in [0.1, 0.15) is 0 Å². The van der Waals surface area contributed by atoms with Crippen molar-refractivity contribution in [2.75, 3.05) is 25.0 Å². The largest absolute Gasteiger partial charge is 0.374 e. The van der Waals surface area contributed by atoms with Crippen LogP contribution in [0.3, 0.4) is 0 Å². The summed E-state index contributed by atoms with van der Waals surface area (Å²) in [5.74, 6) is 0. The SMILES string of the molecule is CC1CNC(c2ccc3c(c2)CCN3C)S1. The number of nitrogens with zero attached hydrogens (tertiary/aromatic N) is 1. The van der Waals surface area contributed by atoms with Crippen molar-refractivity contribution in [1.82, 2.24) is 5.32 Å². The van der Waals surface area contributed by atoms with Gasteiger partial charge in [-0.2, -0.15) is 0 Å². The van der Waals surface area contributed by atoms with Crippen molar-refractivity contribution in [1.29, 1.82) is 0 Å². The molecule has 2 nitrogen and oxygen atoms in total. The van der Waals surface area contributed by atoms with Crippen molar-refractivity contribution in [3.8, 4) is 0 Å². The van der Waals surface area contributed by atoms with Gasteiger partial charge in [0, 0.05) is 31.1 Å². The summed E-state index contributed by atoms with van der Waals surface area (Å²) in [6.45, 7) is 4.59. The molecule has 0 aliphatic carbocycles. The molecule has 0 aromatic heterocycles. The molecule has 2 atom stereocenters. The van der Waals surface area contributed by atoms with Gasteiger partial charge in [-0.05, 0) is 23.6 Å². The van der Waals surface area contributed by atoms with E-state index < -0.39 is 0 Å². The number of benzene rings is 1. The van der Waals surface area contributed by atoms with E-state index in [1.54, 1.807) is 0 Å². The molecule has 86 valence electrons. The predicted octanol–water partition coefficient (Wildman–Crippen LogP) is 2.40. The van der Waals surface area contributed by atoms with Gasteiger partial charge in [-0.15, -0.1) is 11.8 Å². The van der Waals surface area contributed by atoms with E-state index in [0.717, 1.165) is 11.8 Å². The average molecular weight is 234 g/mol. The molecule has 1 aromatic carbocycles. The maximum atomic E-state index is 3.57. The molecule has 2 aliphatic heterocycles. The lowest BCUT2D eigenvalue weighted by molar-refractivity contribution is 0.717. The third-order valence-electron chi connectivity index (χ3n) is 3.49. The number of rotatable bonds is 1. The van der Waals surface area contributed by atoms with Crippen LogP contribution in [0.25, 0.3) is 0 Å². The number of anilines is 1. The van der Waals surface area contributed by atoms with Crippen LogP contribution in [0, 0.1) is 0 Å². The molecule has 2 unspecified atom stereocenters. The van der Waals surface area contributed by atoms with Gasteiger partial charge in [0.2, 0.25) is 0 Å². The lowest BCUT2D eigenvalue weighted by Gasteiger charge is -2.14. The molecular formula is C13H18N2S. The fourth-order valence-corrected chi connectivity index (χ4v) is 3.70. The fourth-order valence-electron chi connectivity index (χ4n) is 2.55. The minimum Gasteiger partial charge on any atom is -0.374 e. The van der Waals surface area contributed by atoms with Crippen molar-refractivity contribution in [2.45, 2.75) is 24.0 Å². The van der Waals surface area contributed by atoms with E-state index in [4.69, 9.17) is 0 Å². The molecule has 0 saturated carbocycles. The summed E-state index contributed by atoms with van der Waals surface area (Å²) in [4.78, 5) is 2.34. The normalized spacial score (nSPS) is 28.5. The molecule has 3 heteroatoms. The Morgan fingerprint density at radius 2 is 2.31 bits per heavy atom. The van der Waals surface area contributed by atoms with Crippen LogP contribution >= 0.6 is 11.8 Å². The van der Waals surface area contributed by atoms with Crippen molar-refractivity contribution in [3.05, 3.63) is 29.3 Å². The first-order chi connectivity index (χ1) is 7.74. The molecule has 2 heterocycles. The third-order valence-corrected chi connectivity index (χ3v) is 4.84. The minimum atomic E-state index is 0.506. The summed E-state index contributed by atoms with van der Waals surface area (Å²) in [6.07, 6.45) is 1.20. The van der Waals surface area contributed by atoms with Crippen LogP contribution in [0.5, 0.6) is 0 Å². The van der Waals surface area contributed by atoms with Crippen molar-refractivity contribution in [3.63, 3.8) is 0 Å². The number of likely N-dealkylation sites (N-methyl/N-ethyl adjacent to an activating group) is 1. The van der Waals surface area contributed by atoms with Crippen molar-refractivity contribution < 1.29 is 0 Å². The van der Waals surface area contributed by atoms with Crippen LogP contribution in [0.1, 0.15) is 23.4 Å². The van der Waals surface area contributed by atoms with Gasteiger partial charge >= 0.3 is 0 Å². The van der Waals surface area contributed by atoms with E-state index in [1.165, 1.54) is 29.8 Å². The van der Waals surface area contributed by atoms with Gasteiger partial charge in [-0.3, -0.25) is 0 Å². The second kappa shape index (κ2) is 3.97. The monoisotopic (exact) mass is 234 g/mol. The molecule has 0 spiro atoms. The molecule has 0 bridgehead atoms. The Morgan fingerprint density at radius 1 is 1.44 bits per heavy atom. The second-order valence-electron chi connectivity index (χ2n) is 4.79. The maximum Gasteiger partial charge on any atom is 0.0793 e. The lowest BCUT2D eigenvalue weighted by Crippen LogP contribution is -2.14. The van der Waals surface area contributed by atoms with Crippen molar-refractivity contribution >= 4 is 17.4 Å². The van der Waals surface area contributed by atoms with E-state index in [0.29, 0.717) is 5.37 Å². The van der Waals surface area contributed by atoms with Gasteiger partial charge in [0.15, 0.2) is 0 Å². The highest BCUT2D eigenvalue weighted by atomic mass is 32.2. The lowest BCUT2D eigenvalue weighted by atomic mass is 10.1. The van der Waals surface area contributed by atoms with E-state index in [9.17, 15) is 0 Å². The highest BCUT2D eigenvalue weighted by molar-refractivity contribution is 8.00. The number of fused-ring (bicyclic) bond motifs is 1. The zero-order chi connectivity index (χ0) is 11.1. The Morgan fingerprint density at radius 3 is 3.06 bits per heavy atom. The molecule has 0 amide bonds. The molecule has 3 rings (SSSR count). The van der Waals surface area contributed by atoms with Crippen LogP contribution < -0.4 is 10.2 Å². The van der Waals surface area contributed by atoms with Crippen LogP contribution in [0.15, 0.2) is 18.2 Å². The first-order valence-electron chi connectivity index (χ1n) is 5.97. The Bertz CT molecular complexity index is 405. The predicted molar refractivity (Wildman–Crippen MR) is 71.2 cm³/mol. The van der Waals surface area contributed by atoms with E-state index in [-0.39, 0.29) is 0 Å². The standard InChI is InChI=1S/C13H18N2S/c1-9-8-14-13(16-9)11-3-4-12-10(7-11)5-6-15(12)2/h3-4,7,9,13-14H,5-6,8H2,1-2H3. The average Bonchev–Trinajstić information content (AvgIpc) is 2.86. The smallest absolute Gasteiger partial charge is 0.0793 e. The van der Waals surface area contributed by atoms with Crippen LogP contribution in [0.2, 0.25) is 0 Å². The highest BCUT2D eigenvalue weighted by Crippen LogP contribution is 2.37. The summed E-state index contributed by atoms with van der Waals surface area (Å²) in [5, 5.41) is 4.82. The summed E-state index contributed by atoms with van der Waals surface area (Å²) >= 11 is 2.04. The number of hydrogen-bond donors (Lipinski definition) is 1. The molecule has 1 saturated heterocycles. The molecule has 1 fully saturated rings. The van der Waals surface area contributed by atoms with Gasteiger partial charge < -0.3 is 10.2 Å². The maximum absolute atomic E-state index is 3.57. The Hall–Kier alpha value is -0.670. The van der Waals surface area contributed by atoms with Crippen LogP contribution in [-0.4, -0.2) is 25.4 Å². The summed E-state index contributed by atoms with van der Waals surface area (Å²) in [6, 6.07) is 6.95. The molecule has 16 heavy (non-hydrogen) atoms. The topological polar surface area (TPSA) is 15.3 Å². The molecule has 1 N–H and O–H groups in total. The zero-order valence-corrected chi connectivity index (χ0v) is 10.7. The Balaban J connectivity index is 1.87. The number of hydrogen-bond acceptors (Lipinski definition) is 3. The molecule has 1 aromatic rings. The fraction of sp³-hybridized carbons (Fsp3) is 0.538. The van der Waals surface area contributed by atoms with Gasteiger partial charge in [-0.25, -0.2) is 0 Å². The highest BCUT2D eigenvalue weighted by Gasteiger charge is 2.24.